The lowest BCUT2D eigenvalue weighted by Crippen LogP contribution is -2.28. The van der Waals surface area contributed by atoms with Gasteiger partial charge in [0.1, 0.15) is 0 Å². The summed E-state index contributed by atoms with van der Waals surface area (Å²) in [6, 6.07) is 12.0. The van der Waals surface area contributed by atoms with Crippen LogP contribution < -0.4 is 10.9 Å². The van der Waals surface area contributed by atoms with Gasteiger partial charge in [0.25, 0.3) is 11.5 Å². The molecule has 0 saturated heterocycles. The second kappa shape index (κ2) is 9.84. The molecule has 3 aromatic heterocycles. The minimum atomic E-state index is -0.272. The van der Waals surface area contributed by atoms with Gasteiger partial charge in [0.2, 0.25) is 0 Å². The minimum Gasteiger partial charge on any atom is -0.348 e. The van der Waals surface area contributed by atoms with Gasteiger partial charge in [0, 0.05) is 36.0 Å². The number of carbonyl (C=O) groups excluding carboxylic acids is 1. The van der Waals surface area contributed by atoms with Crippen LogP contribution in [0, 0.1) is 13.8 Å². The third-order valence-corrected chi connectivity index (χ3v) is 5.94. The number of H-pyrrole nitrogens is 1. The van der Waals surface area contributed by atoms with E-state index in [1.54, 1.807) is 6.20 Å². The Kier molecular flexibility index (Phi) is 6.84. The summed E-state index contributed by atoms with van der Waals surface area (Å²) < 4.78 is 1.83. The van der Waals surface area contributed by atoms with Crippen LogP contribution in [0.4, 0.5) is 0 Å². The molecule has 3 heterocycles. The Hall–Kier alpha value is -3.78. The summed E-state index contributed by atoms with van der Waals surface area (Å²) in [5, 5.41) is 8.11. The van der Waals surface area contributed by atoms with Crippen LogP contribution in [0.25, 0.3) is 22.3 Å². The van der Waals surface area contributed by atoms with Gasteiger partial charge in [0.15, 0.2) is 5.65 Å². The van der Waals surface area contributed by atoms with Crippen LogP contribution in [-0.4, -0.2) is 44.7 Å². The largest absolute Gasteiger partial charge is 0.348 e. The van der Waals surface area contributed by atoms with Gasteiger partial charge in [-0.3, -0.25) is 9.59 Å². The first-order chi connectivity index (χ1) is 16.6. The highest BCUT2D eigenvalue weighted by molar-refractivity contribution is 6.06. The number of aromatic nitrogens is 4. The van der Waals surface area contributed by atoms with E-state index < -0.39 is 0 Å². The second-order valence-electron chi connectivity index (χ2n) is 9.54. The normalized spacial score (nSPS) is 11.5. The van der Waals surface area contributed by atoms with Crippen LogP contribution >= 0.6 is 0 Å². The summed E-state index contributed by atoms with van der Waals surface area (Å²) in [5.74, 6) is -0.272. The highest BCUT2D eigenvalue weighted by Crippen LogP contribution is 2.27. The molecule has 0 aliphatic carbocycles. The van der Waals surface area contributed by atoms with Crippen molar-refractivity contribution in [1.82, 2.24) is 30.0 Å². The van der Waals surface area contributed by atoms with Crippen LogP contribution in [0.2, 0.25) is 0 Å². The molecule has 4 aromatic rings. The lowest BCUT2D eigenvalue weighted by molar-refractivity contribution is 0.0952. The first-order valence-electron chi connectivity index (χ1n) is 11.7. The Labute approximate surface area is 205 Å². The van der Waals surface area contributed by atoms with Crippen molar-refractivity contribution in [2.45, 2.75) is 46.8 Å². The van der Waals surface area contributed by atoms with E-state index in [1.165, 1.54) is 0 Å². The molecule has 0 unspecified atom stereocenters. The van der Waals surface area contributed by atoms with Crippen molar-refractivity contribution in [2.24, 2.45) is 0 Å². The van der Waals surface area contributed by atoms with Crippen LogP contribution in [0.5, 0.6) is 0 Å². The van der Waals surface area contributed by atoms with E-state index in [-0.39, 0.29) is 24.1 Å². The maximum absolute atomic E-state index is 13.4. The molecular weight excluding hydrogens is 440 g/mol. The van der Waals surface area contributed by atoms with E-state index in [0.717, 1.165) is 28.9 Å². The third-order valence-electron chi connectivity index (χ3n) is 5.94. The van der Waals surface area contributed by atoms with Crippen molar-refractivity contribution >= 4 is 16.9 Å². The van der Waals surface area contributed by atoms with E-state index >= 15 is 0 Å². The Morgan fingerprint density at radius 1 is 1.17 bits per heavy atom. The molecule has 0 bridgehead atoms. The average Bonchev–Trinajstić information content (AvgIpc) is 3.21. The molecule has 8 nitrogen and oxygen atoms in total. The predicted octanol–water partition coefficient (Wildman–Crippen LogP) is 3.98. The molecule has 0 saturated carbocycles. The summed E-state index contributed by atoms with van der Waals surface area (Å²) in [6.45, 7) is 8.72. The van der Waals surface area contributed by atoms with E-state index in [4.69, 9.17) is 4.98 Å². The topological polar surface area (TPSA) is 95.9 Å². The van der Waals surface area contributed by atoms with Gasteiger partial charge in [-0.1, -0.05) is 18.2 Å². The zero-order valence-electron chi connectivity index (χ0n) is 21.1. The third kappa shape index (κ3) is 5.17. The molecule has 182 valence electrons. The summed E-state index contributed by atoms with van der Waals surface area (Å²) in [6.07, 6.45) is 1.69. The standard InChI is InChI=1S/C27H32N6O2/c1-16(2)33-25-23(14-29-33)21(26(34)28-13-22-17(3)10-18(4)30-27(22)35)12-24(31-25)20-9-7-8-19(11-20)15-32(5)6/h7-12,14,16H,13,15H2,1-6H3,(H,28,34)(H,30,35). The summed E-state index contributed by atoms with van der Waals surface area (Å²) in [7, 11) is 4.06. The van der Waals surface area contributed by atoms with Gasteiger partial charge in [-0.05, 0) is 71.1 Å². The zero-order valence-corrected chi connectivity index (χ0v) is 21.1. The number of aryl methyl sites for hydroxylation is 2. The fourth-order valence-electron chi connectivity index (χ4n) is 4.29. The van der Waals surface area contributed by atoms with Crippen molar-refractivity contribution in [2.75, 3.05) is 14.1 Å². The van der Waals surface area contributed by atoms with Crippen LogP contribution in [0.15, 0.2) is 47.4 Å². The molecule has 1 amide bonds. The van der Waals surface area contributed by atoms with Crippen LogP contribution in [0.1, 0.15) is 52.6 Å². The maximum atomic E-state index is 13.4. The second-order valence-corrected chi connectivity index (χ2v) is 9.54. The highest BCUT2D eigenvalue weighted by atomic mass is 16.1. The minimum absolute atomic E-state index is 0.0833. The quantitative estimate of drug-likeness (QED) is 0.424. The first kappa shape index (κ1) is 24.3. The molecule has 0 aliphatic heterocycles. The zero-order chi connectivity index (χ0) is 25.3. The SMILES string of the molecule is Cc1cc(C)c(CNC(=O)c2cc(-c3cccc(CN(C)C)c3)nc3c2cnn3C(C)C)c(=O)[nH]1. The molecule has 0 atom stereocenters. The average molecular weight is 473 g/mol. The van der Waals surface area contributed by atoms with Crippen molar-refractivity contribution in [3.8, 4) is 11.3 Å². The van der Waals surface area contributed by atoms with Crippen molar-refractivity contribution in [1.29, 1.82) is 0 Å². The van der Waals surface area contributed by atoms with E-state index in [1.807, 2.05) is 70.7 Å². The summed E-state index contributed by atoms with van der Waals surface area (Å²) in [5.41, 5.74) is 5.93. The monoisotopic (exact) mass is 472 g/mol. The van der Waals surface area contributed by atoms with Crippen molar-refractivity contribution in [3.63, 3.8) is 0 Å². The number of nitrogens with zero attached hydrogens (tertiary/aromatic N) is 4. The number of amides is 1. The number of aromatic amines is 1. The Bertz CT molecular complexity index is 1450. The number of carbonyl (C=O) groups is 1. The number of benzene rings is 1. The number of nitrogens with one attached hydrogen (secondary N) is 2. The van der Waals surface area contributed by atoms with Gasteiger partial charge in [-0.15, -0.1) is 0 Å². The lowest BCUT2D eigenvalue weighted by Gasteiger charge is -2.13. The predicted molar refractivity (Wildman–Crippen MR) is 138 cm³/mol. The Balaban J connectivity index is 1.76. The first-order valence-corrected chi connectivity index (χ1v) is 11.7. The smallest absolute Gasteiger partial charge is 0.253 e. The van der Waals surface area contributed by atoms with Gasteiger partial charge < -0.3 is 15.2 Å². The van der Waals surface area contributed by atoms with Crippen molar-refractivity contribution in [3.05, 3.63) is 80.9 Å². The molecule has 1 aromatic carbocycles. The Morgan fingerprint density at radius 3 is 2.63 bits per heavy atom. The number of hydrogen-bond acceptors (Lipinski definition) is 5. The maximum Gasteiger partial charge on any atom is 0.253 e. The van der Waals surface area contributed by atoms with E-state index in [2.05, 4.69) is 32.4 Å². The molecule has 35 heavy (non-hydrogen) atoms. The molecule has 0 fully saturated rings. The molecule has 0 radical (unpaired) electrons. The molecular formula is C27H32N6O2. The molecule has 8 heteroatoms. The van der Waals surface area contributed by atoms with Crippen molar-refractivity contribution < 1.29 is 4.79 Å². The lowest BCUT2D eigenvalue weighted by atomic mass is 10.0. The molecule has 2 N–H and O–H groups in total. The highest BCUT2D eigenvalue weighted by Gasteiger charge is 2.19. The number of fused-ring (bicyclic) bond motifs is 1. The summed E-state index contributed by atoms with van der Waals surface area (Å²) >= 11 is 0. The van der Waals surface area contributed by atoms with Gasteiger partial charge in [0.05, 0.1) is 22.8 Å². The Morgan fingerprint density at radius 2 is 1.94 bits per heavy atom. The molecule has 4 rings (SSSR count). The van der Waals surface area contributed by atoms with Crippen LogP contribution in [-0.2, 0) is 13.1 Å². The summed E-state index contributed by atoms with van der Waals surface area (Å²) in [4.78, 5) is 35.6. The van der Waals surface area contributed by atoms with Gasteiger partial charge >= 0.3 is 0 Å². The van der Waals surface area contributed by atoms with E-state index in [0.29, 0.717) is 27.9 Å². The molecule has 0 spiro atoms. The van der Waals surface area contributed by atoms with Gasteiger partial charge in [-0.2, -0.15) is 5.10 Å². The van der Waals surface area contributed by atoms with Gasteiger partial charge in [-0.25, -0.2) is 9.67 Å². The fourth-order valence-corrected chi connectivity index (χ4v) is 4.29. The van der Waals surface area contributed by atoms with Crippen LogP contribution in [0.3, 0.4) is 0 Å². The molecule has 0 aliphatic rings. The fraction of sp³-hybridized carbons (Fsp3) is 0.333. The number of pyridine rings is 2. The van der Waals surface area contributed by atoms with E-state index in [9.17, 15) is 9.59 Å². The number of hydrogen-bond donors (Lipinski definition) is 2. The number of rotatable bonds is 7.